The van der Waals surface area contributed by atoms with Gasteiger partial charge in [-0.2, -0.15) is 0 Å². The van der Waals surface area contributed by atoms with Gasteiger partial charge in [-0.1, -0.05) is 26.3 Å². The van der Waals surface area contributed by atoms with Crippen molar-refractivity contribution in [2.45, 2.75) is 49.3 Å². The van der Waals surface area contributed by atoms with E-state index in [2.05, 4.69) is 53.3 Å². The predicted molar refractivity (Wildman–Crippen MR) is 79.7 cm³/mol. The lowest BCUT2D eigenvalue weighted by Gasteiger charge is -2.24. The molecule has 0 aromatic heterocycles. The minimum atomic E-state index is 0.554. The number of benzene rings is 1. The van der Waals surface area contributed by atoms with E-state index in [0.717, 1.165) is 6.54 Å². The Hall–Kier alpha value is 0.01000. The van der Waals surface area contributed by atoms with Crippen LogP contribution in [0, 0.1) is 0 Å². The van der Waals surface area contributed by atoms with Gasteiger partial charge in [-0.05, 0) is 53.0 Å². The molecule has 1 fully saturated rings. The molecule has 1 nitrogen and oxygen atoms in total. The van der Waals surface area contributed by atoms with Gasteiger partial charge in [0.2, 0.25) is 0 Å². The van der Waals surface area contributed by atoms with Crippen LogP contribution in [0.25, 0.3) is 0 Å². The summed E-state index contributed by atoms with van der Waals surface area (Å²) in [5, 5.41) is 4.22. The first-order valence-electron chi connectivity index (χ1n) is 6.36. The second-order valence-corrected chi connectivity index (χ2v) is 7.33. The molecule has 1 aliphatic rings. The molecule has 0 radical (unpaired) electrons. The Kier molecular flexibility index (Phi) is 4.95. The molecule has 0 saturated carbocycles. The Morgan fingerprint density at radius 2 is 2.18 bits per heavy atom. The molecule has 94 valence electrons. The summed E-state index contributed by atoms with van der Waals surface area (Å²) in [4.78, 5) is 1.35. The Balaban J connectivity index is 2.12. The van der Waals surface area contributed by atoms with Crippen LogP contribution in [0.5, 0.6) is 0 Å². The third kappa shape index (κ3) is 3.73. The molecule has 1 saturated heterocycles. The number of piperidine rings is 1. The first-order valence-corrected chi connectivity index (χ1v) is 8.03. The van der Waals surface area contributed by atoms with Gasteiger partial charge in [-0.25, -0.2) is 0 Å². The number of thioether (sulfide) groups is 1. The van der Waals surface area contributed by atoms with Crippen LogP contribution in [0.15, 0.2) is 27.6 Å². The van der Waals surface area contributed by atoms with E-state index >= 15 is 0 Å². The van der Waals surface area contributed by atoms with Gasteiger partial charge in [0.1, 0.15) is 0 Å². The summed E-state index contributed by atoms with van der Waals surface area (Å²) in [5.74, 6) is 0. The zero-order chi connectivity index (χ0) is 12.3. The topological polar surface area (TPSA) is 12.0 Å². The zero-order valence-electron chi connectivity index (χ0n) is 10.5. The molecule has 2 rings (SSSR count). The molecular weight excluding hydrogens is 294 g/mol. The van der Waals surface area contributed by atoms with Crippen LogP contribution in [0.3, 0.4) is 0 Å². The maximum absolute atomic E-state index is 3.69. The van der Waals surface area contributed by atoms with Gasteiger partial charge in [-0.3, -0.25) is 0 Å². The van der Waals surface area contributed by atoms with Crippen molar-refractivity contribution in [1.82, 2.24) is 5.32 Å². The summed E-state index contributed by atoms with van der Waals surface area (Å²) in [7, 11) is 0. The molecular formula is C14H20BrNS. The van der Waals surface area contributed by atoms with Gasteiger partial charge in [-0.15, -0.1) is 11.8 Å². The molecule has 1 aromatic rings. The minimum Gasteiger partial charge on any atom is -0.310 e. The SMILES string of the molecule is CC(C)Sc1ccc(C2CCCCN2)cc1Br. The van der Waals surface area contributed by atoms with Crippen molar-refractivity contribution >= 4 is 27.7 Å². The van der Waals surface area contributed by atoms with Crippen LogP contribution >= 0.6 is 27.7 Å². The molecule has 1 aromatic carbocycles. The molecule has 1 N–H and O–H groups in total. The van der Waals surface area contributed by atoms with E-state index in [1.807, 2.05) is 11.8 Å². The third-order valence-electron chi connectivity index (χ3n) is 3.03. The molecule has 0 amide bonds. The average Bonchev–Trinajstić information content (AvgIpc) is 2.32. The highest BCUT2D eigenvalue weighted by Crippen LogP contribution is 2.33. The van der Waals surface area contributed by atoms with Crippen LogP contribution < -0.4 is 5.32 Å². The van der Waals surface area contributed by atoms with E-state index in [1.54, 1.807) is 0 Å². The number of halogens is 1. The fraction of sp³-hybridized carbons (Fsp3) is 0.571. The molecule has 1 atom stereocenters. The maximum atomic E-state index is 3.69. The lowest BCUT2D eigenvalue weighted by molar-refractivity contribution is 0.412. The zero-order valence-corrected chi connectivity index (χ0v) is 12.9. The predicted octanol–water partition coefficient (Wildman–Crippen LogP) is 4.76. The lowest BCUT2D eigenvalue weighted by atomic mass is 9.98. The van der Waals surface area contributed by atoms with Gasteiger partial charge in [0.15, 0.2) is 0 Å². The lowest BCUT2D eigenvalue weighted by Crippen LogP contribution is -2.26. The standard InChI is InChI=1S/C14H20BrNS/c1-10(2)17-14-7-6-11(9-12(14)15)13-5-3-4-8-16-13/h6-7,9-10,13,16H,3-5,8H2,1-2H3. The van der Waals surface area contributed by atoms with E-state index in [0.29, 0.717) is 11.3 Å². The number of nitrogens with one attached hydrogen (secondary N) is 1. The second kappa shape index (κ2) is 6.26. The maximum Gasteiger partial charge on any atom is 0.0320 e. The van der Waals surface area contributed by atoms with Gasteiger partial charge < -0.3 is 5.32 Å². The smallest absolute Gasteiger partial charge is 0.0320 e. The Labute approximate surface area is 117 Å². The summed E-state index contributed by atoms with van der Waals surface area (Å²) in [6.45, 7) is 5.62. The Bertz CT molecular complexity index is 372. The van der Waals surface area contributed by atoms with E-state index < -0.39 is 0 Å². The van der Waals surface area contributed by atoms with Crippen molar-refractivity contribution in [3.05, 3.63) is 28.2 Å². The van der Waals surface area contributed by atoms with Gasteiger partial charge in [0.05, 0.1) is 0 Å². The summed E-state index contributed by atoms with van der Waals surface area (Å²) in [6, 6.07) is 7.37. The van der Waals surface area contributed by atoms with Crippen molar-refractivity contribution in [3.63, 3.8) is 0 Å². The van der Waals surface area contributed by atoms with Crippen LogP contribution in [0.2, 0.25) is 0 Å². The quantitative estimate of drug-likeness (QED) is 0.807. The first-order chi connectivity index (χ1) is 8.16. The van der Waals surface area contributed by atoms with Gasteiger partial charge in [0.25, 0.3) is 0 Å². The van der Waals surface area contributed by atoms with Crippen LogP contribution in [0.4, 0.5) is 0 Å². The van der Waals surface area contributed by atoms with Crippen LogP contribution in [-0.2, 0) is 0 Å². The van der Waals surface area contributed by atoms with Crippen molar-refractivity contribution in [3.8, 4) is 0 Å². The molecule has 1 unspecified atom stereocenters. The summed E-state index contributed by atoms with van der Waals surface area (Å²) in [6.07, 6.45) is 3.93. The van der Waals surface area contributed by atoms with E-state index in [9.17, 15) is 0 Å². The van der Waals surface area contributed by atoms with Crippen LogP contribution in [-0.4, -0.2) is 11.8 Å². The van der Waals surface area contributed by atoms with E-state index in [4.69, 9.17) is 0 Å². The monoisotopic (exact) mass is 313 g/mol. The number of rotatable bonds is 3. The largest absolute Gasteiger partial charge is 0.310 e. The number of hydrogen-bond donors (Lipinski definition) is 1. The summed E-state index contributed by atoms with van der Waals surface area (Å²) >= 11 is 5.61. The van der Waals surface area contributed by atoms with Crippen molar-refractivity contribution in [2.24, 2.45) is 0 Å². The molecule has 0 aliphatic carbocycles. The highest BCUT2D eigenvalue weighted by Gasteiger charge is 2.15. The summed E-state index contributed by atoms with van der Waals surface area (Å²) in [5.41, 5.74) is 1.42. The molecule has 1 aliphatic heterocycles. The molecule has 1 heterocycles. The van der Waals surface area contributed by atoms with Gasteiger partial charge >= 0.3 is 0 Å². The highest BCUT2D eigenvalue weighted by molar-refractivity contribution is 9.10. The van der Waals surface area contributed by atoms with Crippen molar-refractivity contribution in [1.29, 1.82) is 0 Å². The third-order valence-corrected chi connectivity index (χ3v) is 5.03. The molecule has 0 bridgehead atoms. The minimum absolute atomic E-state index is 0.554. The summed E-state index contributed by atoms with van der Waals surface area (Å²) < 4.78 is 1.24. The van der Waals surface area contributed by atoms with E-state index in [1.165, 1.54) is 34.2 Å². The average molecular weight is 314 g/mol. The second-order valence-electron chi connectivity index (χ2n) is 4.86. The van der Waals surface area contributed by atoms with Crippen LogP contribution in [0.1, 0.15) is 44.7 Å². The fourth-order valence-corrected chi connectivity index (χ4v) is 3.72. The van der Waals surface area contributed by atoms with Crippen molar-refractivity contribution in [2.75, 3.05) is 6.54 Å². The normalized spacial score (nSPS) is 20.8. The number of hydrogen-bond acceptors (Lipinski definition) is 2. The van der Waals surface area contributed by atoms with E-state index in [-0.39, 0.29) is 0 Å². The van der Waals surface area contributed by atoms with Gasteiger partial charge in [0, 0.05) is 20.7 Å². The molecule has 17 heavy (non-hydrogen) atoms. The molecule has 3 heteroatoms. The Morgan fingerprint density at radius 1 is 1.35 bits per heavy atom. The highest BCUT2D eigenvalue weighted by atomic mass is 79.9. The van der Waals surface area contributed by atoms with Crippen molar-refractivity contribution < 1.29 is 0 Å². The fourth-order valence-electron chi connectivity index (χ4n) is 2.22. The molecule has 0 spiro atoms. The first kappa shape index (κ1) is 13.4. The Morgan fingerprint density at radius 3 is 2.76 bits per heavy atom.